The van der Waals surface area contributed by atoms with Gasteiger partial charge in [0.15, 0.2) is 5.78 Å². The first-order valence-corrected chi connectivity index (χ1v) is 9.87. The lowest BCUT2D eigenvalue weighted by atomic mass is 9.99. The van der Waals surface area contributed by atoms with Crippen LogP contribution in [0.25, 0.3) is 0 Å². The second kappa shape index (κ2) is 11.6. The van der Waals surface area contributed by atoms with Crippen LogP contribution in [0.4, 0.5) is 5.69 Å². The second-order valence-electron chi connectivity index (χ2n) is 7.18. The van der Waals surface area contributed by atoms with E-state index in [1.807, 2.05) is 61.5 Å². The fourth-order valence-electron chi connectivity index (χ4n) is 2.89. The summed E-state index contributed by atoms with van der Waals surface area (Å²) in [5.74, 6) is -0.0639. The van der Waals surface area contributed by atoms with Crippen LogP contribution in [0.5, 0.6) is 0 Å². The van der Waals surface area contributed by atoms with Crippen LogP contribution in [0.1, 0.15) is 29.3 Å². The number of ketones is 1. The Balaban J connectivity index is 2.06. The number of anilines is 1. The van der Waals surface area contributed by atoms with Crippen LogP contribution in [0.15, 0.2) is 54.6 Å². The van der Waals surface area contributed by atoms with E-state index in [9.17, 15) is 9.90 Å². The van der Waals surface area contributed by atoms with E-state index in [0.717, 1.165) is 24.2 Å². The van der Waals surface area contributed by atoms with Crippen LogP contribution in [0.3, 0.4) is 0 Å². The van der Waals surface area contributed by atoms with Crippen LogP contribution in [0.2, 0.25) is 0 Å². The molecule has 0 radical (unpaired) electrons. The highest BCUT2D eigenvalue weighted by Crippen LogP contribution is 2.17. The Morgan fingerprint density at radius 2 is 1.79 bits per heavy atom. The molecule has 2 atom stereocenters. The lowest BCUT2D eigenvalue weighted by Gasteiger charge is -2.20. The van der Waals surface area contributed by atoms with Gasteiger partial charge in [-0.1, -0.05) is 49.4 Å². The molecule has 5 heteroatoms. The lowest BCUT2D eigenvalue weighted by Crippen LogP contribution is -2.35. The maximum Gasteiger partial charge on any atom is 0.191 e. The number of ether oxygens (including phenoxy) is 1. The molecule has 0 amide bonds. The molecule has 0 fully saturated rings. The first-order valence-electron chi connectivity index (χ1n) is 9.87. The molecule has 28 heavy (non-hydrogen) atoms. The van der Waals surface area contributed by atoms with Gasteiger partial charge in [0.2, 0.25) is 0 Å². The summed E-state index contributed by atoms with van der Waals surface area (Å²) >= 11 is 0. The second-order valence-corrected chi connectivity index (χ2v) is 7.18. The van der Waals surface area contributed by atoms with Crippen molar-refractivity contribution >= 4 is 11.5 Å². The Bertz CT molecular complexity index is 702. The summed E-state index contributed by atoms with van der Waals surface area (Å²) in [4.78, 5) is 15.0. The molecule has 0 aliphatic carbocycles. The van der Waals surface area contributed by atoms with E-state index in [4.69, 9.17) is 4.74 Å². The highest BCUT2D eigenvalue weighted by atomic mass is 16.5. The normalized spacial score (nSPS) is 13.1. The number of rotatable bonds is 12. The molecule has 2 aromatic carbocycles. The number of aliphatic hydroxyl groups excluding tert-OH is 1. The summed E-state index contributed by atoms with van der Waals surface area (Å²) in [6.45, 7) is 3.50. The minimum absolute atomic E-state index is 0.0639. The Labute approximate surface area is 168 Å². The van der Waals surface area contributed by atoms with E-state index in [1.54, 1.807) is 12.1 Å². The molecule has 2 rings (SSSR count). The predicted octanol–water partition coefficient (Wildman–Crippen LogP) is 2.92. The van der Waals surface area contributed by atoms with E-state index in [2.05, 4.69) is 12.2 Å². The first kappa shape index (κ1) is 22.1. The zero-order valence-corrected chi connectivity index (χ0v) is 17.1. The Kier molecular flexibility index (Phi) is 9.14. The molecule has 0 spiro atoms. The number of hydrogen-bond donors (Lipinski definition) is 2. The van der Waals surface area contributed by atoms with Gasteiger partial charge in [0.05, 0.1) is 12.7 Å². The maximum absolute atomic E-state index is 13.0. The molecule has 0 saturated carbocycles. The summed E-state index contributed by atoms with van der Waals surface area (Å²) in [6.07, 6.45) is 0.199. The number of carbonyl (C=O) groups is 1. The molecule has 5 nitrogen and oxygen atoms in total. The summed E-state index contributed by atoms with van der Waals surface area (Å²) < 4.78 is 5.88. The number of benzene rings is 2. The number of Topliss-reactive ketones (excluding diaryl/α,β-unsaturated/α-hetero) is 1. The van der Waals surface area contributed by atoms with Crippen LogP contribution in [0, 0.1) is 0 Å². The van der Waals surface area contributed by atoms with Crippen molar-refractivity contribution < 1.29 is 14.6 Å². The molecule has 2 unspecified atom stereocenters. The average molecular weight is 385 g/mol. The largest absolute Gasteiger partial charge is 0.389 e. The highest BCUT2D eigenvalue weighted by molar-refractivity contribution is 5.99. The van der Waals surface area contributed by atoms with Gasteiger partial charge in [-0.15, -0.1) is 0 Å². The Hall–Kier alpha value is -2.21. The molecule has 0 aromatic heterocycles. The quantitative estimate of drug-likeness (QED) is 0.435. The predicted molar refractivity (Wildman–Crippen MR) is 114 cm³/mol. The van der Waals surface area contributed by atoms with E-state index in [0.29, 0.717) is 18.5 Å². The molecule has 0 saturated heterocycles. The van der Waals surface area contributed by atoms with Crippen molar-refractivity contribution in [2.24, 2.45) is 0 Å². The zero-order chi connectivity index (χ0) is 20.4. The van der Waals surface area contributed by atoms with Crippen molar-refractivity contribution in [3.63, 3.8) is 0 Å². The zero-order valence-electron chi connectivity index (χ0n) is 17.1. The van der Waals surface area contributed by atoms with Crippen LogP contribution >= 0.6 is 0 Å². The van der Waals surface area contributed by atoms with E-state index < -0.39 is 12.2 Å². The van der Waals surface area contributed by atoms with Gasteiger partial charge in [-0.25, -0.2) is 0 Å². The van der Waals surface area contributed by atoms with Gasteiger partial charge in [-0.3, -0.25) is 4.79 Å². The van der Waals surface area contributed by atoms with Gasteiger partial charge in [-0.05, 0) is 30.7 Å². The van der Waals surface area contributed by atoms with Gasteiger partial charge >= 0.3 is 0 Å². The van der Waals surface area contributed by atoms with Gasteiger partial charge in [-0.2, -0.15) is 0 Å². The molecule has 2 N–H and O–H groups in total. The number of nitrogens with zero attached hydrogens (tertiary/aromatic N) is 1. The Morgan fingerprint density at radius 1 is 1.11 bits per heavy atom. The molecule has 0 heterocycles. The molecule has 0 aliphatic rings. The summed E-state index contributed by atoms with van der Waals surface area (Å²) in [7, 11) is 3.99. The minimum Gasteiger partial charge on any atom is -0.389 e. The van der Waals surface area contributed by atoms with Crippen molar-refractivity contribution in [2.75, 3.05) is 38.7 Å². The molecule has 0 bridgehead atoms. The van der Waals surface area contributed by atoms with Crippen molar-refractivity contribution in [2.45, 2.75) is 32.0 Å². The first-order chi connectivity index (χ1) is 13.5. The summed E-state index contributed by atoms with van der Waals surface area (Å²) in [6, 6.07) is 17.3. The third-order valence-corrected chi connectivity index (χ3v) is 4.52. The number of carbonyl (C=O) groups excluding carboxylic acids is 1. The summed E-state index contributed by atoms with van der Waals surface area (Å²) in [5, 5.41) is 13.3. The van der Waals surface area contributed by atoms with E-state index >= 15 is 0 Å². The van der Waals surface area contributed by atoms with E-state index in [1.165, 1.54) is 0 Å². The van der Waals surface area contributed by atoms with Crippen molar-refractivity contribution in [1.29, 1.82) is 0 Å². The van der Waals surface area contributed by atoms with Crippen molar-refractivity contribution in [3.8, 4) is 0 Å². The smallest absolute Gasteiger partial charge is 0.191 e. The van der Waals surface area contributed by atoms with Crippen molar-refractivity contribution in [1.82, 2.24) is 5.32 Å². The van der Waals surface area contributed by atoms with E-state index in [-0.39, 0.29) is 12.4 Å². The highest BCUT2D eigenvalue weighted by Gasteiger charge is 2.22. The fraction of sp³-hybridized carbons (Fsp3) is 0.435. The van der Waals surface area contributed by atoms with Gasteiger partial charge in [0.1, 0.15) is 6.10 Å². The van der Waals surface area contributed by atoms with Gasteiger partial charge in [0, 0.05) is 38.3 Å². The SMILES string of the molecule is CCCNCC(O)COC(Cc1ccc(N(C)C)cc1)C(=O)c1ccccc1. The number of nitrogens with one attached hydrogen (secondary N) is 1. The molecular weight excluding hydrogens is 352 g/mol. The standard InChI is InChI=1S/C23H32N2O3/c1-4-14-24-16-21(26)17-28-22(23(27)19-8-6-5-7-9-19)15-18-10-12-20(13-11-18)25(2)3/h5-13,21-22,24,26H,4,14-17H2,1-3H3. The lowest BCUT2D eigenvalue weighted by molar-refractivity contribution is -0.00162. The van der Waals surface area contributed by atoms with Gasteiger partial charge in [0.25, 0.3) is 0 Å². The summed E-state index contributed by atoms with van der Waals surface area (Å²) in [5.41, 5.74) is 2.75. The molecular formula is C23H32N2O3. The maximum atomic E-state index is 13.0. The fourth-order valence-corrected chi connectivity index (χ4v) is 2.89. The molecule has 2 aromatic rings. The van der Waals surface area contributed by atoms with Gasteiger partial charge < -0.3 is 20.1 Å². The Morgan fingerprint density at radius 3 is 2.39 bits per heavy atom. The van der Waals surface area contributed by atoms with Crippen molar-refractivity contribution in [3.05, 3.63) is 65.7 Å². The molecule has 0 aliphatic heterocycles. The minimum atomic E-state index is -0.645. The van der Waals surface area contributed by atoms with Crippen LogP contribution < -0.4 is 10.2 Å². The third kappa shape index (κ3) is 7.08. The average Bonchev–Trinajstić information content (AvgIpc) is 2.71. The van der Waals surface area contributed by atoms with Crippen LogP contribution in [-0.4, -0.2) is 56.9 Å². The topological polar surface area (TPSA) is 61.8 Å². The monoisotopic (exact) mass is 384 g/mol. The third-order valence-electron chi connectivity index (χ3n) is 4.52. The number of hydrogen-bond acceptors (Lipinski definition) is 5. The van der Waals surface area contributed by atoms with Crippen LogP contribution in [-0.2, 0) is 11.2 Å². The molecule has 152 valence electrons. The number of aliphatic hydroxyl groups is 1.